The zero-order valence-corrected chi connectivity index (χ0v) is 9.68. The first-order valence-corrected chi connectivity index (χ1v) is 5.96. The lowest BCUT2D eigenvalue weighted by atomic mass is 9.97. The Kier molecular flexibility index (Phi) is 8.53. The van der Waals surface area contributed by atoms with Crippen molar-refractivity contribution in [2.24, 2.45) is 11.7 Å². The number of rotatable bonds is 8. The zero-order chi connectivity index (χ0) is 10.1. The molecule has 2 unspecified atom stereocenters. The molecule has 13 heavy (non-hydrogen) atoms. The Morgan fingerprint density at radius 2 is 1.54 bits per heavy atom. The molecule has 0 amide bonds. The molecular weight excluding hydrogens is 158 g/mol. The van der Waals surface area contributed by atoms with Crippen LogP contribution in [0.2, 0.25) is 0 Å². The Labute approximate surface area is 84.1 Å². The highest BCUT2D eigenvalue weighted by atomic mass is 14.6. The van der Waals surface area contributed by atoms with E-state index in [9.17, 15) is 0 Å². The van der Waals surface area contributed by atoms with Gasteiger partial charge < -0.3 is 5.73 Å². The Balaban J connectivity index is 3.23. The molecule has 1 nitrogen and oxygen atoms in total. The molecule has 0 aromatic rings. The highest BCUT2D eigenvalue weighted by molar-refractivity contribution is 4.61. The summed E-state index contributed by atoms with van der Waals surface area (Å²) in [6.07, 6.45) is 9.04. The van der Waals surface area contributed by atoms with Crippen molar-refractivity contribution in [1.29, 1.82) is 0 Å². The number of hydrogen-bond donors (Lipinski definition) is 1. The third-order valence-electron chi connectivity index (χ3n) is 2.71. The summed E-state index contributed by atoms with van der Waals surface area (Å²) < 4.78 is 0. The van der Waals surface area contributed by atoms with Crippen molar-refractivity contribution in [2.75, 3.05) is 0 Å². The molecule has 0 fully saturated rings. The average Bonchev–Trinajstić information content (AvgIpc) is 2.05. The summed E-state index contributed by atoms with van der Waals surface area (Å²) in [5.41, 5.74) is 5.94. The SMILES string of the molecule is CCCC(C)CCCC(N)CCC. The topological polar surface area (TPSA) is 26.0 Å². The van der Waals surface area contributed by atoms with Crippen LogP contribution in [0.15, 0.2) is 0 Å². The van der Waals surface area contributed by atoms with Gasteiger partial charge in [-0.1, -0.05) is 52.9 Å². The first-order chi connectivity index (χ1) is 6.20. The Morgan fingerprint density at radius 1 is 0.923 bits per heavy atom. The fraction of sp³-hybridized carbons (Fsp3) is 1.00. The van der Waals surface area contributed by atoms with E-state index in [1.807, 2.05) is 0 Å². The molecule has 0 saturated carbocycles. The van der Waals surface area contributed by atoms with Crippen molar-refractivity contribution in [1.82, 2.24) is 0 Å². The molecule has 0 spiro atoms. The largest absolute Gasteiger partial charge is 0.328 e. The second-order valence-electron chi connectivity index (χ2n) is 4.37. The van der Waals surface area contributed by atoms with E-state index >= 15 is 0 Å². The summed E-state index contributed by atoms with van der Waals surface area (Å²) in [6, 6.07) is 0.457. The maximum Gasteiger partial charge on any atom is 0.00387 e. The second-order valence-corrected chi connectivity index (χ2v) is 4.37. The standard InChI is InChI=1S/C12H27N/c1-4-7-11(3)9-6-10-12(13)8-5-2/h11-12H,4-10,13H2,1-3H3. The van der Waals surface area contributed by atoms with E-state index in [2.05, 4.69) is 20.8 Å². The quantitative estimate of drug-likeness (QED) is 0.613. The van der Waals surface area contributed by atoms with Crippen LogP contribution in [-0.4, -0.2) is 6.04 Å². The first kappa shape index (κ1) is 13.0. The van der Waals surface area contributed by atoms with Crippen molar-refractivity contribution < 1.29 is 0 Å². The van der Waals surface area contributed by atoms with Crippen LogP contribution in [0.25, 0.3) is 0 Å². The van der Waals surface area contributed by atoms with Crippen molar-refractivity contribution in [3.8, 4) is 0 Å². The van der Waals surface area contributed by atoms with Crippen LogP contribution in [0, 0.1) is 5.92 Å². The predicted molar refractivity (Wildman–Crippen MR) is 60.8 cm³/mol. The molecule has 0 aromatic carbocycles. The van der Waals surface area contributed by atoms with Crippen molar-refractivity contribution >= 4 is 0 Å². The molecule has 0 bridgehead atoms. The van der Waals surface area contributed by atoms with Crippen LogP contribution in [0.5, 0.6) is 0 Å². The van der Waals surface area contributed by atoms with Gasteiger partial charge in [-0.25, -0.2) is 0 Å². The highest BCUT2D eigenvalue weighted by Crippen LogP contribution is 2.15. The summed E-state index contributed by atoms with van der Waals surface area (Å²) in [4.78, 5) is 0. The van der Waals surface area contributed by atoms with Gasteiger partial charge in [-0.05, 0) is 18.8 Å². The molecule has 0 rings (SSSR count). The molecule has 0 aliphatic heterocycles. The van der Waals surface area contributed by atoms with E-state index in [-0.39, 0.29) is 0 Å². The highest BCUT2D eigenvalue weighted by Gasteiger charge is 2.03. The molecule has 1 heteroatoms. The van der Waals surface area contributed by atoms with Crippen LogP contribution in [-0.2, 0) is 0 Å². The summed E-state index contributed by atoms with van der Waals surface area (Å²) in [5.74, 6) is 0.902. The predicted octanol–water partition coefficient (Wildman–Crippen LogP) is 3.72. The van der Waals surface area contributed by atoms with Crippen LogP contribution >= 0.6 is 0 Å². The zero-order valence-electron chi connectivity index (χ0n) is 9.68. The summed E-state index contributed by atoms with van der Waals surface area (Å²) in [6.45, 7) is 6.83. The van der Waals surface area contributed by atoms with Crippen LogP contribution in [0.3, 0.4) is 0 Å². The lowest BCUT2D eigenvalue weighted by Gasteiger charge is -2.12. The average molecular weight is 185 g/mol. The number of hydrogen-bond acceptors (Lipinski definition) is 1. The van der Waals surface area contributed by atoms with Crippen LogP contribution in [0.1, 0.15) is 65.7 Å². The second kappa shape index (κ2) is 8.55. The molecular formula is C12H27N. The minimum atomic E-state index is 0.457. The third-order valence-corrected chi connectivity index (χ3v) is 2.71. The molecule has 2 N–H and O–H groups in total. The Bertz CT molecular complexity index is 89.3. The van der Waals surface area contributed by atoms with E-state index in [0.717, 1.165) is 5.92 Å². The van der Waals surface area contributed by atoms with Gasteiger partial charge in [0.1, 0.15) is 0 Å². The lowest BCUT2D eigenvalue weighted by molar-refractivity contribution is 0.435. The van der Waals surface area contributed by atoms with Gasteiger partial charge in [-0.3, -0.25) is 0 Å². The van der Waals surface area contributed by atoms with Gasteiger partial charge in [-0.2, -0.15) is 0 Å². The smallest absolute Gasteiger partial charge is 0.00387 e. The maximum absolute atomic E-state index is 5.94. The lowest BCUT2D eigenvalue weighted by Crippen LogP contribution is -2.19. The van der Waals surface area contributed by atoms with Gasteiger partial charge >= 0.3 is 0 Å². The van der Waals surface area contributed by atoms with Crippen molar-refractivity contribution in [3.63, 3.8) is 0 Å². The molecule has 0 aliphatic rings. The van der Waals surface area contributed by atoms with Crippen molar-refractivity contribution in [2.45, 2.75) is 71.8 Å². The van der Waals surface area contributed by atoms with Gasteiger partial charge in [0.05, 0.1) is 0 Å². The maximum atomic E-state index is 5.94. The molecule has 0 heterocycles. The van der Waals surface area contributed by atoms with Crippen LogP contribution < -0.4 is 5.73 Å². The van der Waals surface area contributed by atoms with Gasteiger partial charge in [-0.15, -0.1) is 0 Å². The summed E-state index contributed by atoms with van der Waals surface area (Å²) >= 11 is 0. The third kappa shape index (κ3) is 8.29. The molecule has 80 valence electrons. The van der Waals surface area contributed by atoms with E-state index in [1.165, 1.54) is 44.9 Å². The first-order valence-electron chi connectivity index (χ1n) is 5.96. The molecule has 0 aromatic heterocycles. The van der Waals surface area contributed by atoms with Gasteiger partial charge in [0.25, 0.3) is 0 Å². The number of nitrogens with two attached hydrogens (primary N) is 1. The van der Waals surface area contributed by atoms with Crippen LogP contribution in [0.4, 0.5) is 0 Å². The molecule has 0 saturated heterocycles. The minimum Gasteiger partial charge on any atom is -0.328 e. The summed E-state index contributed by atoms with van der Waals surface area (Å²) in [7, 11) is 0. The van der Waals surface area contributed by atoms with E-state index in [1.54, 1.807) is 0 Å². The Morgan fingerprint density at radius 3 is 2.08 bits per heavy atom. The monoisotopic (exact) mass is 185 g/mol. The van der Waals surface area contributed by atoms with E-state index in [0.29, 0.717) is 6.04 Å². The van der Waals surface area contributed by atoms with Gasteiger partial charge in [0.15, 0.2) is 0 Å². The van der Waals surface area contributed by atoms with Crippen molar-refractivity contribution in [3.05, 3.63) is 0 Å². The van der Waals surface area contributed by atoms with Gasteiger partial charge in [0, 0.05) is 6.04 Å². The Hall–Kier alpha value is -0.0400. The molecule has 0 aliphatic carbocycles. The van der Waals surface area contributed by atoms with Gasteiger partial charge in [0.2, 0.25) is 0 Å². The van der Waals surface area contributed by atoms with E-state index < -0.39 is 0 Å². The molecule has 2 atom stereocenters. The van der Waals surface area contributed by atoms with E-state index in [4.69, 9.17) is 5.73 Å². The summed E-state index contributed by atoms with van der Waals surface area (Å²) in [5, 5.41) is 0. The fourth-order valence-corrected chi connectivity index (χ4v) is 1.88. The fourth-order valence-electron chi connectivity index (χ4n) is 1.88. The minimum absolute atomic E-state index is 0.457. The normalized spacial score (nSPS) is 15.7. The molecule has 0 radical (unpaired) electrons.